The highest BCUT2D eigenvalue weighted by Gasteiger charge is 2.33. The third-order valence-electron chi connectivity index (χ3n) is 6.15. The Kier molecular flexibility index (Phi) is 5.00. The van der Waals surface area contributed by atoms with Gasteiger partial charge in [0.25, 0.3) is 0 Å². The van der Waals surface area contributed by atoms with Crippen LogP contribution < -0.4 is 4.90 Å². The van der Waals surface area contributed by atoms with Crippen LogP contribution in [0.1, 0.15) is 75.7 Å². The Labute approximate surface area is 166 Å². The van der Waals surface area contributed by atoms with E-state index in [2.05, 4.69) is 34.1 Å². The molecule has 0 spiro atoms. The Morgan fingerprint density at radius 2 is 1.79 bits per heavy atom. The van der Waals surface area contributed by atoms with Crippen molar-refractivity contribution in [2.45, 2.75) is 57.5 Å². The largest absolute Gasteiger partial charge is 0.458 e. The van der Waals surface area contributed by atoms with Crippen LogP contribution in [-0.2, 0) is 11.2 Å². The summed E-state index contributed by atoms with van der Waals surface area (Å²) in [6.45, 7) is 1.85. The van der Waals surface area contributed by atoms with E-state index in [1.54, 1.807) is 0 Å². The van der Waals surface area contributed by atoms with Gasteiger partial charge < -0.3 is 14.6 Å². The summed E-state index contributed by atoms with van der Waals surface area (Å²) < 4.78 is 5.65. The first-order valence-electron chi connectivity index (χ1n) is 10.2. The smallest absolute Gasteiger partial charge is 0.355 e. The van der Waals surface area contributed by atoms with Crippen LogP contribution in [0.15, 0.2) is 24.3 Å². The van der Waals surface area contributed by atoms with Crippen molar-refractivity contribution in [3.05, 3.63) is 52.3 Å². The van der Waals surface area contributed by atoms with Gasteiger partial charge in [-0.15, -0.1) is 0 Å². The molecule has 4 rings (SSSR count). The van der Waals surface area contributed by atoms with Gasteiger partial charge >= 0.3 is 5.97 Å². The minimum Gasteiger partial charge on any atom is -0.458 e. The monoisotopic (exact) mass is 380 g/mol. The van der Waals surface area contributed by atoms with Crippen LogP contribution in [0.4, 0.5) is 5.69 Å². The first-order chi connectivity index (χ1) is 13.4. The summed E-state index contributed by atoms with van der Waals surface area (Å²) in [5.74, 6) is -0.0805. The molecule has 28 heavy (non-hydrogen) atoms. The van der Waals surface area contributed by atoms with Gasteiger partial charge in [-0.25, -0.2) is 4.79 Å². The standard InChI is InChI=1S/C23H28N2O3/c1-14-21-19(24-22(14)23(27)28-18-6-4-5-7-18)12-16(13-20(21)26)15-8-10-17(11-9-15)25(2)3/h8-11,16,18,24H,4-7,12-13H2,1-3H3/t16-/m0/s1. The number of Topliss-reactive ketones (excluding diaryl/α,β-unsaturated/α-hetero) is 1. The van der Waals surface area contributed by atoms with E-state index in [0.29, 0.717) is 17.7 Å². The maximum absolute atomic E-state index is 12.9. The third kappa shape index (κ3) is 3.46. The number of nitrogens with one attached hydrogen (secondary N) is 1. The molecule has 1 aromatic carbocycles. The van der Waals surface area contributed by atoms with Crippen molar-refractivity contribution < 1.29 is 14.3 Å². The quantitative estimate of drug-likeness (QED) is 0.799. The van der Waals surface area contributed by atoms with Crippen molar-refractivity contribution in [1.82, 2.24) is 4.98 Å². The number of rotatable bonds is 4. The van der Waals surface area contributed by atoms with Gasteiger partial charge in [0.05, 0.1) is 0 Å². The van der Waals surface area contributed by atoms with E-state index in [4.69, 9.17) is 4.74 Å². The maximum atomic E-state index is 12.9. The number of H-pyrrole nitrogens is 1. The van der Waals surface area contributed by atoms with Gasteiger partial charge in [-0.1, -0.05) is 12.1 Å². The summed E-state index contributed by atoms with van der Waals surface area (Å²) in [7, 11) is 4.03. The molecule has 1 saturated carbocycles. The second-order valence-electron chi connectivity index (χ2n) is 8.30. The predicted molar refractivity (Wildman–Crippen MR) is 109 cm³/mol. The highest BCUT2D eigenvalue weighted by Crippen LogP contribution is 2.36. The number of anilines is 1. The Hall–Kier alpha value is -2.56. The molecule has 1 aromatic heterocycles. The fourth-order valence-electron chi connectivity index (χ4n) is 4.53. The van der Waals surface area contributed by atoms with Crippen molar-refractivity contribution in [1.29, 1.82) is 0 Å². The lowest BCUT2D eigenvalue weighted by Gasteiger charge is -2.23. The molecule has 5 heteroatoms. The zero-order valence-corrected chi connectivity index (χ0v) is 16.9. The van der Waals surface area contributed by atoms with E-state index in [9.17, 15) is 9.59 Å². The molecule has 1 atom stereocenters. The predicted octanol–water partition coefficient (Wildman–Crippen LogP) is 4.40. The highest BCUT2D eigenvalue weighted by atomic mass is 16.5. The van der Waals surface area contributed by atoms with Gasteiger partial charge in [0, 0.05) is 37.5 Å². The summed E-state index contributed by atoms with van der Waals surface area (Å²) in [4.78, 5) is 30.8. The van der Waals surface area contributed by atoms with E-state index in [0.717, 1.165) is 54.6 Å². The number of esters is 1. The van der Waals surface area contributed by atoms with E-state index < -0.39 is 0 Å². The number of aromatic amines is 1. The van der Waals surface area contributed by atoms with Gasteiger partial charge in [-0.2, -0.15) is 0 Å². The Morgan fingerprint density at radius 1 is 1.11 bits per heavy atom. The fourth-order valence-corrected chi connectivity index (χ4v) is 4.53. The maximum Gasteiger partial charge on any atom is 0.355 e. The highest BCUT2D eigenvalue weighted by molar-refractivity contribution is 6.03. The number of hydrogen-bond donors (Lipinski definition) is 1. The van der Waals surface area contributed by atoms with Gasteiger partial charge in [0.15, 0.2) is 5.78 Å². The summed E-state index contributed by atoms with van der Waals surface area (Å²) in [5.41, 5.74) is 5.05. The molecule has 5 nitrogen and oxygen atoms in total. The number of hydrogen-bond acceptors (Lipinski definition) is 4. The zero-order chi connectivity index (χ0) is 19.8. The Balaban J connectivity index is 1.56. The van der Waals surface area contributed by atoms with E-state index in [-0.39, 0.29) is 23.8 Å². The summed E-state index contributed by atoms with van der Waals surface area (Å²) >= 11 is 0. The number of fused-ring (bicyclic) bond motifs is 1. The number of aromatic nitrogens is 1. The SMILES string of the molecule is Cc1c(C(=O)OC2CCCC2)[nH]c2c1C(=O)C[C@@H](c1ccc(N(C)C)cc1)C2. The molecule has 0 radical (unpaired) electrons. The third-order valence-corrected chi connectivity index (χ3v) is 6.15. The number of benzene rings is 1. The van der Waals surface area contributed by atoms with Crippen LogP contribution in [0, 0.1) is 6.92 Å². The fraction of sp³-hybridized carbons (Fsp3) is 0.478. The minimum absolute atomic E-state index is 0.0193. The molecular formula is C23H28N2O3. The number of ketones is 1. The second-order valence-corrected chi connectivity index (χ2v) is 8.30. The van der Waals surface area contributed by atoms with Crippen LogP contribution in [0.25, 0.3) is 0 Å². The average Bonchev–Trinajstić information content (AvgIpc) is 3.29. The lowest BCUT2D eigenvalue weighted by molar-refractivity contribution is 0.0310. The molecule has 0 bridgehead atoms. The van der Waals surface area contributed by atoms with Gasteiger partial charge in [-0.3, -0.25) is 4.79 Å². The van der Waals surface area contributed by atoms with E-state index >= 15 is 0 Å². The molecule has 1 fully saturated rings. The summed E-state index contributed by atoms with van der Waals surface area (Å²) in [6, 6.07) is 8.37. The molecular weight excluding hydrogens is 352 g/mol. The van der Waals surface area contributed by atoms with Crippen LogP contribution in [0.5, 0.6) is 0 Å². The zero-order valence-electron chi connectivity index (χ0n) is 16.9. The van der Waals surface area contributed by atoms with Crippen molar-refractivity contribution in [3.63, 3.8) is 0 Å². The molecule has 0 amide bonds. The lowest BCUT2D eigenvalue weighted by atomic mass is 9.81. The van der Waals surface area contributed by atoms with Crippen molar-refractivity contribution >= 4 is 17.4 Å². The number of ether oxygens (including phenoxy) is 1. The molecule has 2 aliphatic rings. The molecule has 1 N–H and O–H groups in total. The Morgan fingerprint density at radius 3 is 2.43 bits per heavy atom. The molecule has 0 aliphatic heterocycles. The molecule has 2 aliphatic carbocycles. The van der Waals surface area contributed by atoms with Crippen LogP contribution in [0.2, 0.25) is 0 Å². The second kappa shape index (κ2) is 7.46. The van der Waals surface area contributed by atoms with E-state index in [1.165, 1.54) is 0 Å². The molecule has 1 heterocycles. The van der Waals surface area contributed by atoms with Crippen molar-refractivity contribution in [2.24, 2.45) is 0 Å². The van der Waals surface area contributed by atoms with Crippen LogP contribution in [0.3, 0.4) is 0 Å². The summed E-state index contributed by atoms with van der Waals surface area (Å²) in [5, 5.41) is 0. The van der Waals surface area contributed by atoms with Gasteiger partial charge in [0.2, 0.25) is 0 Å². The minimum atomic E-state index is -0.321. The summed E-state index contributed by atoms with van der Waals surface area (Å²) in [6.07, 6.45) is 5.34. The number of nitrogens with zero attached hydrogens (tertiary/aromatic N) is 1. The molecule has 148 valence electrons. The topological polar surface area (TPSA) is 62.4 Å². The Bertz CT molecular complexity index is 889. The van der Waals surface area contributed by atoms with Crippen molar-refractivity contribution in [3.8, 4) is 0 Å². The first-order valence-corrected chi connectivity index (χ1v) is 10.2. The van der Waals surface area contributed by atoms with Gasteiger partial charge in [-0.05, 0) is 68.2 Å². The first kappa shape index (κ1) is 18.8. The van der Waals surface area contributed by atoms with Crippen LogP contribution in [-0.4, -0.2) is 36.9 Å². The van der Waals surface area contributed by atoms with E-state index in [1.807, 2.05) is 21.0 Å². The van der Waals surface area contributed by atoms with Crippen molar-refractivity contribution in [2.75, 3.05) is 19.0 Å². The van der Waals surface area contributed by atoms with Gasteiger partial charge in [0.1, 0.15) is 11.8 Å². The molecule has 2 aromatic rings. The normalized spacial score (nSPS) is 19.5. The number of carbonyl (C=O) groups excluding carboxylic acids is 2. The molecule has 0 saturated heterocycles. The van der Waals surface area contributed by atoms with Crippen LogP contribution >= 0.6 is 0 Å². The average molecular weight is 380 g/mol. The number of carbonyl (C=O) groups is 2. The molecule has 0 unspecified atom stereocenters. The lowest BCUT2D eigenvalue weighted by Crippen LogP contribution is -2.18.